The zero-order valence-corrected chi connectivity index (χ0v) is 14.5. The first kappa shape index (κ1) is 19.4. The van der Waals surface area contributed by atoms with Gasteiger partial charge in [0.2, 0.25) is 0 Å². The molecule has 2 amide bonds. The van der Waals surface area contributed by atoms with E-state index in [9.17, 15) is 18.4 Å². The number of rotatable bonds is 6. The van der Waals surface area contributed by atoms with Crippen LogP contribution < -0.4 is 15.6 Å². The van der Waals surface area contributed by atoms with Crippen molar-refractivity contribution < 1.29 is 23.1 Å². The SMILES string of the molecule is CC(C)CCOc1ccc(C(=O)NNC(=O)c2ccc(F)cc2F)cc1. The lowest BCUT2D eigenvalue weighted by molar-refractivity contribution is 0.0844. The third kappa shape index (κ3) is 5.54. The fourth-order valence-electron chi connectivity index (χ4n) is 2.04. The number of ether oxygens (including phenoxy) is 1. The fraction of sp³-hybridized carbons (Fsp3) is 0.263. The molecule has 2 rings (SSSR count). The lowest BCUT2D eigenvalue weighted by Gasteiger charge is -2.10. The molecular formula is C19H20F2N2O3. The first-order chi connectivity index (χ1) is 12.4. The first-order valence-electron chi connectivity index (χ1n) is 8.15. The Hall–Kier alpha value is -2.96. The van der Waals surface area contributed by atoms with E-state index in [1.165, 1.54) is 0 Å². The summed E-state index contributed by atoms with van der Waals surface area (Å²) in [6.07, 6.45) is 0.925. The van der Waals surface area contributed by atoms with Gasteiger partial charge in [-0.1, -0.05) is 13.8 Å². The van der Waals surface area contributed by atoms with Crippen LogP contribution in [0.4, 0.5) is 8.78 Å². The highest BCUT2D eigenvalue weighted by Crippen LogP contribution is 2.13. The summed E-state index contributed by atoms with van der Waals surface area (Å²) in [5.41, 5.74) is 4.18. The van der Waals surface area contributed by atoms with Gasteiger partial charge in [-0.3, -0.25) is 20.4 Å². The van der Waals surface area contributed by atoms with Crippen LogP contribution in [0.15, 0.2) is 42.5 Å². The number of nitrogens with one attached hydrogen (secondary N) is 2. The van der Waals surface area contributed by atoms with E-state index in [1.807, 2.05) is 0 Å². The smallest absolute Gasteiger partial charge is 0.272 e. The molecule has 7 heteroatoms. The molecule has 0 aromatic heterocycles. The number of carbonyl (C=O) groups excluding carboxylic acids is 2. The minimum absolute atomic E-state index is 0.293. The largest absolute Gasteiger partial charge is 0.494 e. The summed E-state index contributed by atoms with van der Waals surface area (Å²) in [6, 6.07) is 8.94. The van der Waals surface area contributed by atoms with Crippen molar-refractivity contribution in [2.45, 2.75) is 20.3 Å². The van der Waals surface area contributed by atoms with Crippen LogP contribution in [-0.4, -0.2) is 18.4 Å². The van der Waals surface area contributed by atoms with Crippen molar-refractivity contribution in [1.82, 2.24) is 10.9 Å². The Morgan fingerprint density at radius 2 is 1.65 bits per heavy atom. The number of carbonyl (C=O) groups is 2. The predicted octanol–water partition coefficient (Wildman–Crippen LogP) is 3.46. The average Bonchev–Trinajstić information content (AvgIpc) is 2.59. The molecule has 26 heavy (non-hydrogen) atoms. The van der Waals surface area contributed by atoms with Gasteiger partial charge in [0, 0.05) is 11.6 Å². The van der Waals surface area contributed by atoms with Crippen LogP contribution in [0.2, 0.25) is 0 Å². The third-order valence-corrected chi connectivity index (χ3v) is 3.55. The molecule has 0 saturated heterocycles. The predicted molar refractivity (Wildman–Crippen MR) is 92.7 cm³/mol. The second-order valence-corrected chi connectivity index (χ2v) is 6.09. The molecule has 0 saturated carbocycles. The van der Waals surface area contributed by atoms with Crippen molar-refractivity contribution in [3.8, 4) is 5.75 Å². The summed E-state index contributed by atoms with van der Waals surface area (Å²) in [7, 11) is 0. The van der Waals surface area contributed by atoms with Crippen LogP contribution in [0.3, 0.4) is 0 Å². The van der Waals surface area contributed by atoms with E-state index in [1.54, 1.807) is 24.3 Å². The first-order valence-corrected chi connectivity index (χ1v) is 8.15. The summed E-state index contributed by atoms with van der Waals surface area (Å²) >= 11 is 0. The van der Waals surface area contributed by atoms with E-state index in [2.05, 4.69) is 24.7 Å². The van der Waals surface area contributed by atoms with Crippen LogP contribution >= 0.6 is 0 Å². The van der Waals surface area contributed by atoms with Gasteiger partial charge in [0.1, 0.15) is 17.4 Å². The monoisotopic (exact) mass is 362 g/mol. The Morgan fingerprint density at radius 3 is 2.27 bits per heavy atom. The molecule has 0 radical (unpaired) electrons. The van der Waals surface area contributed by atoms with Crippen molar-refractivity contribution in [2.75, 3.05) is 6.61 Å². The summed E-state index contributed by atoms with van der Waals surface area (Å²) in [5.74, 6) is -2.09. The molecular weight excluding hydrogens is 342 g/mol. The number of benzene rings is 2. The molecule has 138 valence electrons. The van der Waals surface area contributed by atoms with Crippen LogP contribution in [-0.2, 0) is 0 Å². The van der Waals surface area contributed by atoms with E-state index in [0.717, 1.165) is 18.6 Å². The van der Waals surface area contributed by atoms with Crippen LogP contribution in [0.1, 0.15) is 41.0 Å². The molecule has 0 fully saturated rings. The topological polar surface area (TPSA) is 67.4 Å². The maximum atomic E-state index is 13.5. The third-order valence-electron chi connectivity index (χ3n) is 3.55. The van der Waals surface area contributed by atoms with E-state index < -0.39 is 23.4 Å². The molecule has 2 aromatic rings. The highest BCUT2D eigenvalue weighted by molar-refractivity contribution is 5.99. The molecule has 0 aliphatic rings. The quantitative estimate of drug-likeness (QED) is 0.774. The van der Waals surface area contributed by atoms with Crippen molar-refractivity contribution in [3.63, 3.8) is 0 Å². The van der Waals surface area contributed by atoms with E-state index in [0.29, 0.717) is 29.9 Å². The Labute approximate surface area is 150 Å². The molecule has 5 nitrogen and oxygen atoms in total. The number of hydrogen-bond acceptors (Lipinski definition) is 3. The second kappa shape index (κ2) is 8.94. The number of amides is 2. The molecule has 0 heterocycles. The van der Waals surface area contributed by atoms with Gasteiger partial charge >= 0.3 is 0 Å². The Kier molecular flexibility index (Phi) is 6.66. The van der Waals surface area contributed by atoms with Gasteiger partial charge in [-0.2, -0.15) is 0 Å². The molecule has 0 aliphatic carbocycles. The zero-order valence-electron chi connectivity index (χ0n) is 14.5. The number of hydrogen-bond donors (Lipinski definition) is 2. The summed E-state index contributed by atoms with van der Waals surface area (Å²) in [5, 5.41) is 0. The van der Waals surface area contributed by atoms with Gasteiger partial charge in [0.05, 0.1) is 12.2 Å². The fourth-order valence-corrected chi connectivity index (χ4v) is 2.04. The van der Waals surface area contributed by atoms with Gasteiger partial charge < -0.3 is 4.74 Å². The van der Waals surface area contributed by atoms with Gasteiger partial charge in [0.25, 0.3) is 11.8 Å². The average molecular weight is 362 g/mol. The van der Waals surface area contributed by atoms with E-state index in [4.69, 9.17) is 4.74 Å². The molecule has 0 aliphatic heterocycles. The highest BCUT2D eigenvalue weighted by Gasteiger charge is 2.14. The molecule has 0 bridgehead atoms. The molecule has 2 aromatic carbocycles. The Morgan fingerprint density at radius 1 is 1.00 bits per heavy atom. The van der Waals surface area contributed by atoms with Crippen LogP contribution in [0, 0.1) is 17.6 Å². The molecule has 0 atom stereocenters. The lowest BCUT2D eigenvalue weighted by atomic mass is 10.1. The maximum absolute atomic E-state index is 13.5. The minimum atomic E-state index is -1.01. The maximum Gasteiger partial charge on any atom is 0.272 e. The number of hydrazine groups is 1. The van der Waals surface area contributed by atoms with Crippen molar-refractivity contribution in [1.29, 1.82) is 0 Å². The van der Waals surface area contributed by atoms with Crippen molar-refractivity contribution in [2.24, 2.45) is 5.92 Å². The van der Waals surface area contributed by atoms with Gasteiger partial charge in [-0.25, -0.2) is 8.78 Å². The zero-order chi connectivity index (χ0) is 19.1. The van der Waals surface area contributed by atoms with Gasteiger partial charge in [0.15, 0.2) is 0 Å². The van der Waals surface area contributed by atoms with Gasteiger partial charge in [-0.05, 0) is 48.7 Å². The van der Waals surface area contributed by atoms with Crippen LogP contribution in [0.25, 0.3) is 0 Å². The molecule has 2 N–H and O–H groups in total. The molecule has 0 spiro atoms. The summed E-state index contributed by atoms with van der Waals surface area (Å²) < 4.78 is 31.9. The standard InChI is InChI=1S/C19H20F2N2O3/c1-12(2)9-10-26-15-6-3-13(4-7-15)18(24)22-23-19(25)16-8-5-14(20)11-17(16)21/h3-8,11-12H,9-10H2,1-2H3,(H,22,24)(H,23,25). The normalized spacial score (nSPS) is 10.5. The second-order valence-electron chi connectivity index (χ2n) is 6.09. The summed E-state index contributed by atoms with van der Waals surface area (Å²) in [4.78, 5) is 23.8. The lowest BCUT2D eigenvalue weighted by Crippen LogP contribution is -2.41. The highest BCUT2D eigenvalue weighted by atomic mass is 19.1. The van der Waals surface area contributed by atoms with E-state index >= 15 is 0 Å². The molecule has 0 unspecified atom stereocenters. The van der Waals surface area contributed by atoms with Gasteiger partial charge in [-0.15, -0.1) is 0 Å². The van der Waals surface area contributed by atoms with Crippen molar-refractivity contribution >= 4 is 11.8 Å². The summed E-state index contributed by atoms with van der Waals surface area (Å²) in [6.45, 7) is 4.79. The number of halogens is 2. The Balaban J connectivity index is 1.88. The van der Waals surface area contributed by atoms with Crippen LogP contribution in [0.5, 0.6) is 5.75 Å². The Bertz CT molecular complexity index is 777. The minimum Gasteiger partial charge on any atom is -0.494 e. The van der Waals surface area contributed by atoms with Crippen molar-refractivity contribution in [3.05, 3.63) is 65.2 Å². The van der Waals surface area contributed by atoms with E-state index in [-0.39, 0.29) is 5.56 Å².